The lowest BCUT2D eigenvalue weighted by atomic mass is 10.1. The maximum atomic E-state index is 13.0. The van der Waals surface area contributed by atoms with Gasteiger partial charge in [-0.25, -0.2) is 4.39 Å². The molecule has 0 spiro atoms. The number of nitrogens with zero attached hydrogens (tertiary/aromatic N) is 1. The zero-order valence-electron chi connectivity index (χ0n) is 12.4. The number of carbonyl (C=O) groups excluding carboxylic acids is 1. The van der Waals surface area contributed by atoms with Gasteiger partial charge < -0.3 is 4.90 Å². The number of unbranched alkanes of at least 4 members (excludes halogenated alkanes) is 1. The second kappa shape index (κ2) is 6.35. The highest BCUT2D eigenvalue weighted by molar-refractivity contribution is 5.84. The number of benzene rings is 1. The Morgan fingerprint density at radius 2 is 2.00 bits per heavy atom. The first-order valence-corrected chi connectivity index (χ1v) is 7.38. The van der Waals surface area contributed by atoms with Crippen LogP contribution in [0, 0.1) is 5.82 Å². The summed E-state index contributed by atoms with van der Waals surface area (Å²) < 4.78 is 13.0. The Bertz CT molecular complexity index is 460. The molecule has 0 bridgehead atoms. The number of hydrogen-bond donors (Lipinski definition) is 1. The number of halogens is 1. The van der Waals surface area contributed by atoms with Crippen molar-refractivity contribution in [1.29, 1.82) is 0 Å². The fraction of sp³-hybridized carbons (Fsp3) is 0.562. The molecule has 3 unspecified atom stereocenters. The highest BCUT2D eigenvalue weighted by Gasteiger charge is 2.39. The third-order valence-electron chi connectivity index (χ3n) is 3.95. The van der Waals surface area contributed by atoms with Gasteiger partial charge in [0, 0.05) is 6.04 Å². The summed E-state index contributed by atoms with van der Waals surface area (Å²) in [5.74, 6) is -0.125. The standard InChI is InChI=1S/C16H23FN2O/c1-4-5-6-11(2)19-15(18-12(3)16(19)20)13-7-9-14(17)10-8-13/h7-12,15,18H,4-6H2,1-3H3. The number of amides is 1. The first-order valence-electron chi connectivity index (χ1n) is 7.38. The van der Waals surface area contributed by atoms with Crippen molar-refractivity contribution in [2.45, 2.75) is 58.3 Å². The Labute approximate surface area is 120 Å². The first-order chi connectivity index (χ1) is 9.54. The number of carbonyl (C=O) groups is 1. The van der Waals surface area contributed by atoms with Gasteiger partial charge in [-0.3, -0.25) is 10.1 Å². The minimum atomic E-state index is -0.253. The average Bonchev–Trinajstić information content (AvgIpc) is 2.73. The van der Waals surface area contributed by atoms with Crippen LogP contribution in [0.4, 0.5) is 4.39 Å². The molecule has 0 aliphatic carbocycles. The zero-order valence-corrected chi connectivity index (χ0v) is 12.4. The lowest BCUT2D eigenvalue weighted by Crippen LogP contribution is -2.38. The monoisotopic (exact) mass is 278 g/mol. The van der Waals surface area contributed by atoms with Gasteiger partial charge in [-0.1, -0.05) is 31.9 Å². The van der Waals surface area contributed by atoms with E-state index in [0.717, 1.165) is 24.8 Å². The smallest absolute Gasteiger partial charge is 0.241 e. The van der Waals surface area contributed by atoms with Crippen LogP contribution in [0.15, 0.2) is 24.3 Å². The van der Waals surface area contributed by atoms with E-state index in [9.17, 15) is 9.18 Å². The molecule has 3 atom stereocenters. The van der Waals surface area contributed by atoms with Crippen LogP contribution in [0.5, 0.6) is 0 Å². The first kappa shape index (κ1) is 15.0. The van der Waals surface area contributed by atoms with Gasteiger partial charge >= 0.3 is 0 Å². The third kappa shape index (κ3) is 3.01. The summed E-state index contributed by atoms with van der Waals surface area (Å²) in [6.07, 6.45) is 3.07. The Balaban J connectivity index is 2.21. The Morgan fingerprint density at radius 1 is 1.35 bits per heavy atom. The second-order valence-electron chi connectivity index (χ2n) is 5.58. The third-order valence-corrected chi connectivity index (χ3v) is 3.95. The number of rotatable bonds is 5. The largest absolute Gasteiger partial charge is 0.319 e. The summed E-state index contributed by atoms with van der Waals surface area (Å²) in [6.45, 7) is 6.12. The van der Waals surface area contributed by atoms with E-state index in [1.165, 1.54) is 12.1 Å². The van der Waals surface area contributed by atoms with E-state index in [1.54, 1.807) is 12.1 Å². The van der Waals surface area contributed by atoms with Crippen LogP contribution in [0.2, 0.25) is 0 Å². The van der Waals surface area contributed by atoms with Gasteiger partial charge in [0.1, 0.15) is 12.0 Å². The zero-order chi connectivity index (χ0) is 14.7. The fourth-order valence-corrected chi connectivity index (χ4v) is 2.75. The van der Waals surface area contributed by atoms with E-state index in [4.69, 9.17) is 0 Å². The molecule has 0 saturated carbocycles. The fourth-order valence-electron chi connectivity index (χ4n) is 2.75. The molecule has 2 rings (SSSR count). The summed E-state index contributed by atoms with van der Waals surface area (Å²) in [6, 6.07) is 6.39. The Hall–Kier alpha value is -1.42. The summed E-state index contributed by atoms with van der Waals surface area (Å²) in [5, 5.41) is 3.30. The number of hydrogen-bond acceptors (Lipinski definition) is 2. The van der Waals surface area contributed by atoms with Crippen molar-refractivity contribution in [3.63, 3.8) is 0 Å². The van der Waals surface area contributed by atoms with Crippen molar-refractivity contribution in [2.75, 3.05) is 0 Å². The molecule has 20 heavy (non-hydrogen) atoms. The van der Waals surface area contributed by atoms with E-state index >= 15 is 0 Å². The summed E-state index contributed by atoms with van der Waals surface area (Å²) in [4.78, 5) is 14.3. The predicted octanol–water partition coefficient (Wildman–Crippen LogP) is 3.22. The molecular weight excluding hydrogens is 255 g/mol. The molecule has 1 aromatic carbocycles. The molecule has 4 heteroatoms. The molecule has 1 fully saturated rings. The lowest BCUT2D eigenvalue weighted by molar-refractivity contribution is -0.131. The quantitative estimate of drug-likeness (QED) is 0.897. The van der Waals surface area contributed by atoms with Crippen molar-refractivity contribution >= 4 is 5.91 Å². The van der Waals surface area contributed by atoms with Crippen molar-refractivity contribution in [2.24, 2.45) is 0 Å². The van der Waals surface area contributed by atoms with Gasteiger partial charge in [-0.2, -0.15) is 0 Å². The SMILES string of the molecule is CCCCC(C)N1C(=O)C(C)NC1c1ccc(F)cc1. The van der Waals surface area contributed by atoms with Crippen LogP contribution in [-0.4, -0.2) is 22.9 Å². The van der Waals surface area contributed by atoms with Crippen LogP contribution < -0.4 is 5.32 Å². The van der Waals surface area contributed by atoms with Crippen molar-refractivity contribution in [3.8, 4) is 0 Å². The molecule has 0 radical (unpaired) electrons. The highest BCUT2D eigenvalue weighted by atomic mass is 19.1. The molecule has 1 aromatic rings. The van der Waals surface area contributed by atoms with Gasteiger partial charge in [0.15, 0.2) is 0 Å². The summed E-state index contributed by atoms with van der Waals surface area (Å²) >= 11 is 0. The minimum Gasteiger partial charge on any atom is -0.319 e. The van der Waals surface area contributed by atoms with Crippen LogP contribution in [0.25, 0.3) is 0 Å². The average molecular weight is 278 g/mol. The van der Waals surface area contributed by atoms with E-state index in [0.29, 0.717) is 0 Å². The van der Waals surface area contributed by atoms with E-state index in [-0.39, 0.29) is 30.0 Å². The molecule has 3 nitrogen and oxygen atoms in total. The second-order valence-corrected chi connectivity index (χ2v) is 5.58. The van der Waals surface area contributed by atoms with Crippen LogP contribution in [-0.2, 0) is 4.79 Å². The van der Waals surface area contributed by atoms with Gasteiger partial charge in [-0.05, 0) is 38.0 Å². The van der Waals surface area contributed by atoms with Crippen LogP contribution in [0.3, 0.4) is 0 Å². The molecule has 1 saturated heterocycles. The molecule has 1 heterocycles. The predicted molar refractivity (Wildman–Crippen MR) is 77.6 cm³/mol. The maximum Gasteiger partial charge on any atom is 0.241 e. The topological polar surface area (TPSA) is 32.3 Å². The van der Waals surface area contributed by atoms with Crippen molar-refractivity contribution in [1.82, 2.24) is 10.2 Å². The Morgan fingerprint density at radius 3 is 2.60 bits per heavy atom. The molecule has 1 aliphatic heterocycles. The normalized spacial score (nSPS) is 24.2. The summed E-state index contributed by atoms with van der Waals surface area (Å²) in [5.41, 5.74) is 0.937. The Kier molecular flexibility index (Phi) is 4.76. The molecule has 1 aliphatic rings. The highest BCUT2D eigenvalue weighted by Crippen LogP contribution is 2.29. The molecule has 0 aromatic heterocycles. The van der Waals surface area contributed by atoms with E-state index in [1.807, 2.05) is 11.8 Å². The molecule has 110 valence electrons. The van der Waals surface area contributed by atoms with E-state index < -0.39 is 0 Å². The maximum absolute atomic E-state index is 13.0. The van der Waals surface area contributed by atoms with Gasteiger partial charge in [0.25, 0.3) is 0 Å². The van der Waals surface area contributed by atoms with Crippen LogP contribution >= 0.6 is 0 Å². The van der Waals surface area contributed by atoms with Gasteiger partial charge in [0.05, 0.1) is 6.04 Å². The van der Waals surface area contributed by atoms with Gasteiger partial charge in [-0.15, -0.1) is 0 Å². The van der Waals surface area contributed by atoms with Crippen LogP contribution in [0.1, 0.15) is 51.8 Å². The molecule has 1 amide bonds. The van der Waals surface area contributed by atoms with Crippen molar-refractivity contribution in [3.05, 3.63) is 35.6 Å². The van der Waals surface area contributed by atoms with Gasteiger partial charge in [0.2, 0.25) is 5.91 Å². The number of nitrogens with one attached hydrogen (secondary N) is 1. The molecular formula is C16H23FN2O. The lowest BCUT2D eigenvalue weighted by Gasteiger charge is -2.30. The summed E-state index contributed by atoms with van der Waals surface area (Å²) in [7, 11) is 0. The molecule has 1 N–H and O–H groups in total. The minimum absolute atomic E-state index is 0.128. The van der Waals surface area contributed by atoms with Crippen molar-refractivity contribution < 1.29 is 9.18 Å². The van der Waals surface area contributed by atoms with E-state index in [2.05, 4.69) is 19.2 Å².